The minimum atomic E-state index is -1.05. The second-order valence-corrected chi connectivity index (χ2v) is 4.65. The summed E-state index contributed by atoms with van der Waals surface area (Å²) in [5, 5.41) is 10.2. The molecule has 2 aromatic carbocycles. The van der Waals surface area contributed by atoms with Crippen LogP contribution >= 0.6 is 0 Å². The van der Waals surface area contributed by atoms with Crippen LogP contribution in [0.3, 0.4) is 0 Å². The first kappa shape index (κ1) is 14.5. The Balaban J connectivity index is 2.30. The summed E-state index contributed by atoms with van der Waals surface area (Å²) in [5.41, 5.74) is 1.61. The van der Waals surface area contributed by atoms with Gasteiger partial charge in [-0.2, -0.15) is 0 Å². The van der Waals surface area contributed by atoms with E-state index >= 15 is 0 Å². The first-order valence-corrected chi connectivity index (χ1v) is 6.28. The van der Waals surface area contributed by atoms with E-state index in [0.717, 1.165) is 11.1 Å². The van der Waals surface area contributed by atoms with Gasteiger partial charge >= 0.3 is 0 Å². The normalized spacial score (nSPS) is 12.2. The lowest BCUT2D eigenvalue weighted by Gasteiger charge is -2.16. The van der Waals surface area contributed by atoms with E-state index < -0.39 is 11.9 Å². The maximum atomic E-state index is 13.9. The van der Waals surface area contributed by atoms with Crippen molar-refractivity contribution in [3.63, 3.8) is 0 Å². The molecule has 0 aliphatic heterocycles. The predicted octanol–water partition coefficient (Wildman–Crippen LogP) is 3.56. The fraction of sp³-hybridized carbons (Fsp3) is 0.250. The van der Waals surface area contributed by atoms with Crippen molar-refractivity contribution in [2.24, 2.45) is 0 Å². The van der Waals surface area contributed by atoms with Gasteiger partial charge in [0.2, 0.25) is 0 Å². The number of hydrogen-bond donors (Lipinski definition) is 1. The Morgan fingerprint density at radius 2 is 1.95 bits per heavy atom. The van der Waals surface area contributed by atoms with Gasteiger partial charge in [0.1, 0.15) is 17.4 Å². The number of ether oxygens (including phenoxy) is 1. The highest BCUT2D eigenvalue weighted by Crippen LogP contribution is 2.30. The lowest BCUT2D eigenvalue weighted by molar-refractivity contribution is 0.168. The van der Waals surface area contributed by atoms with Crippen LogP contribution in [-0.2, 0) is 6.42 Å². The molecule has 2 aromatic rings. The molecule has 106 valence electrons. The van der Waals surface area contributed by atoms with Gasteiger partial charge in [0.15, 0.2) is 0 Å². The number of hydrogen-bond acceptors (Lipinski definition) is 2. The number of aliphatic hydroxyl groups is 1. The summed E-state index contributed by atoms with van der Waals surface area (Å²) in [6.07, 6.45) is -0.848. The molecular formula is C16H16F2O2. The second kappa shape index (κ2) is 6.01. The van der Waals surface area contributed by atoms with Crippen LogP contribution in [0.4, 0.5) is 8.78 Å². The van der Waals surface area contributed by atoms with Crippen LogP contribution in [0.1, 0.15) is 22.8 Å². The van der Waals surface area contributed by atoms with Gasteiger partial charge in [0, 0.05) is 6.42 Å². The maximum Gasteiger partial charge on any atom is 0.132 e. The lowest BCUT2D eigenvalue weighted by atomic mass is 9.97. The van der Waals surface area contributed by atoms with Crippen molar-refractivity contribution in [3.05, 3.63) is 64.7 Å². The Bertz CT molecular complexity index is 611. The number of aliphatic hydroxyl groups excluding tert-OH is 1. The molecule has 0 aliphatic carbocycles. The summed E-state index contributed by atoms with van der Waals surface area (Å²) in [4.78, 5) is 0. The van der Waals surface area contributed by atoms with Crippen molar-refractivity contribution in [2.75, 3.05) is 7.11 Å². The molecule has 0 saturated carbocycles. The van der Waals surface area contributed by atoms with Crippen molar-refractivity contribution in [2.45, 2.75) is 19.4 Å². The van der Waals surface area contributed by atoms with Crippen LogP contribution in [-0.4, -0.2) is 12.2 Å². The van der Waals surface area contributed by atoms with Crippen LogP contribution in [0.25, 0.3) is 0 Å². The summed E-state index contributed by atoms with van der Waals surface area (Å²) in [7, 11) is 1.42. The quantitative estimate of drug-likeness (QED) is 0.926. The van der Waals surface area contributed by atoms with Crippen LogP contribution < -0.4 is 4.74 Å². The van der Waals surface area contributed by atoms with Crippen molar-refractivity contribution in [1.82, 2.24) is 0 Å². The monoisotopic (exact) mass is 278 g/mol. The average molecular weight is 278 g/mol. The molecule has 0 amide bonds. The Labute approximate surface area is 116 Å². The molecule has 0 saturated heterocycles. The zero-order valence-corrected chi connectivity index (χ0v) is 11.4. The predicted molar refractivity (Wildman–Crippen MR) is 72.8 cm³/mol. The van der Waals surface area contributed by atoms with Crippen molar-refractivity contribution in [3.8, 4) is 5.75 Å². The first-order chi connectivity index (χ1) is 9.52. The minimum absolute atomic E-state index is 0.124. The van der Waals surface area contributed by atoms with Gasteiger partial charge in [-0.3, -0.25) is 0 Å². The molecule has 0 radical (unpaired) electrons. The molecule has 1 atom stereocenters. The molecule has 2 rings (SSSR count). The second-order valence-electron chi connectivity index (χ2n) is 4.65. The molecule has 20 heavy (non-hydrogen) atoms. The molecule has 4 heteroatoms. The Morgan fingerprint density at radius 1 is 1.20 bits per heavy atom. The molecule has 0 bridgehead atoms. The molecule has 1 unspecified atom stereocenters. The van der Waals surface area contributed by atoms with Crippen LogP contribution in [0.2, 0.25) is 0 Å². The van der Waals surface area contributed by atoms with E-state index in [9.17, 15) is 13.9 Å². The topological polar surface area (TPSA) is 29.5 Å². The Morgan fingerprint density at radius 3 is 2.60 bits per heavy atom. The number of aryl methyl sites for hydroxylation is 1. The number of rotatable bonds is 4. The smallest absolute Gasteiger partial charge is 0.132 e. The minimum Gasteiger partial charge on any atom is -0.496 e. The zero-order chi connectivity index (χ0) is 14.7. The summed E-state index contributed by atoms with van der Waals surface area (Å²) >= 11 is 0. The highest BCUT2D eigenvalue weighted by atomic mass is 19.1. The third kappa shape index (κ3) is 2.96. The largest absolute Gasteiger partial charge is 0.496 e. The SMILES string of the molecule is COc1cccc(F)c1C(O)Cc1ccc(F)cc1C. The molecule has 0 aliphatic rings. The van der Waals surface area contributed by atoms with Crippen molar-refractivity contribution in [1.29, 1.82) is 0 Å². The van der Waals surface area contributed by atoms with E-state index in [1.165, 1.54) is 31.4 Å². The Hall–Kier alpha value is -1.94. The van der Waals surface area contributed by atoms with E-state index in [1.54, 1.807) is 19.1 Å². The van der Waals surface area contributed by atoms with Gasteiger partial charge in [-0.15, -0.1) is 0 Å². The third-order valence-electron chi connectivity index (χ3n) is 3.28. The molecule has 2 nitrogen and oxygen atoms in total. The number of benzene rings is 2. The molecule has 0 spiro atoms. The van der Waals surface area contributed by atoms with E-state index in [-0.39, 0.29) is 17.8 Å². The van der Waals surface area contributed by atoms with Gasteiger partial charge in [-0.05, 0) is 42.3 Å². The fourth-order valence-corrected chi connectivity index (χ4v) is 2.22. The van der Waals surface area contributed by atoms with Gasteiger partial charge < -0.3 is 9.84 Å². The number of halogens is 2. The van der Waals surface area contributed by atoms with Crippen molar-refractivity contribution < 1.29 is 18.6 Å². The summed E-state index contributed by atoms with van der Waals surface area (Å²) in [5.74, 6) is -0.543. The van der Waals surface area contributed by atoms with Crippen LogP contribution in [0.5, 0.6) is 5.75 Å². The van der Waals surface area contributed by atoms with E-state index in [1.807, 2.05) is 0 Å². The van der Waals surface area contributed by atoms with Gasteiger partial charge in [0.25, 0.3) is 0 Å². The van der Waals surface area contributed by atoms with E-state index in [4.69, 9.17) is 4.74 Å². The molecule has 0 heterocycles. The highest BCUT2D eigenvalue weighted by Gasteiger charge is 2.19. The number of methoxy groups -OCH3 is 1. The van der Waals surface area contributed by atoms with E-state index in [0.29, 0.717) is 5.75 Å². The summed E-state index contributed by atoms with van der Waals surface area (Å²) < 4.78 is 32.0. The maximum absolute atomic E-state index is 13.9. The van der Waals surface area contributed by atoms with Gasteiger partial charge in [0.05, 0.1) is 18.8 Å². The standard InChI is InChI=1S/C16H16F2O2/c1-10-8-12(17)7-6-11(10)9-14(19)16-13(18)4-3-5-15(16)20-2/h3-8,14,19H,9H2,1-2H3. The van der Waals surface area contributed by atoms with Gasteiger partial charge in [-0.25, -0.2) is 8.78 Å². The van der Waals surface area contributed by atoms with Gasteiger partial charge in [-0.1, -0.05) is 12.1 Å². The molecule has 0 aromatic heterocycles. The van der Waals surface area contributed by atoms with Crippen molar-refractivity contribution >= 4 is 0 Å². The van der Waals surface area contributed by atoms with Crippen LogP contribution in [0, 0.1) is 18.6 Å². The molecular weight excluding hydrogens is 262 g/mol. The first-order valence-electron chi connectivity index (χ1n) is 6.28. The van der Waals surface area contributed by atoms with Crippen LogP contribution in [0.15, 0.2) is 36.4 Å². The fourth-order valence-electron chi connectivity index (χ4n) is 2.22. The lowest BCUT2D eigenvalue weighted by Crippen LogP contribution is -2.07. The summed E-state index contributed by atoms with van der Waals surface area (Å²) in [6, 6.07) is 8.71. The Kier molecular flexibility index (Phi) is 4.35. The average Bonchev–Trinajstić information content (AvgIpc) is 2.41. The molecule has 1 N–H and O–H groups in total. The molecule has 0 fully saturated rings. The van der Waals surface area contributed by atoms with E-state index in [2.05, 4.69) is 0 Å². The summed E-state index contributed by atoms with van der Waals surface area (Å²) in [6.45, 7) is 1.75. The zero-order valence-electron chi connectivity index (χ0n) is 11.4. The third-order valence-corrected chi connectivity index (χ3v) is 3.28. The highest BCUT2D eigenvalue weighted by molar-refractivity contribution is 5.38.